The molecule has 0 amide bonds. The average molecular weight is 143 g/mol. The summed E-state index contributed by atoms with van der Waals surface area (Å²) in [4.78, 5) is 0. The summed E-state index contributed by atoms with van der Waals surface area (Å²) in [5, 5.41) is 8.69. The minimum absolute atomic E-state index is 0.00491. The van der Waals surface area contributed by atoms with Gasteiger partial charge in [0.25, 0.3) is 0 Å². The van der Waals surface area contributed by atoms with Crippen LogP contribution in [0, 0.1) is 5.41 Å². The SMILES string of the molecule is CC1(CC(N)CO)CCC1. The zero-order valence-corrected chi connectivity index (χ0v) is 6.64. The lowest BCUT2D eigenvalue weighted by molar-refractivity contribution is 0.116. The summed E-state index contributed by atoms with van der Waals surface area (Å²) in [7, 11) is 0. The van der Waals surface area contributed by atoms with E-state index in [2.05, 4.69) is 6.92 Å². The van der Waals surface area contributed by atoms with Crippen LogP contribution in [0.5, 0.6) is 0 Å². The van der Waals surface area contributed by atoms with Gasteiger partial charge in [-0.05, 0) is 24.7 Å². The first-order valence-corrected chi connectivity index (χ1v) is 4.03. The summed E-state index contributed by atoms with van der Waals surface area (Å²) in [5.74, 6) is 0. The van der Waals surface area contributed by atoms with Gasteiger partial charge in [0.2, 0.25) is 0 Å². The molecule has 0 aromatic rings. The van der Waals surface area contributed by atoms with Crippen LogP contribution in [0.3, 0.4) is 0 Å². The molecular formula is C8H17NO. The van der Waals surface area contributed by atoms with Crippen molar-refractivity contribution in [2.24, 2.45) is 11.1 Å². The normalized spacial score (nSPS) is 25.5. The summed E-state index contributed by atoms with van der Waals surface area (Å²) in [5.41, 5.74) is 6.08. The smallest absolute Gasteiger partial charge is 0.0582 e. The molecule has 1 atom stereocenters. The summed E-state index contributed by atoms with van der Waals surface area (Å²) in [6, 6.07) is 0.00491. The fourth-order valence-corrected chi connectivity index (χ4v) is 1.68. The standard InChI is InChI=1S/C8H17NO/c1-8(3-2-4-8)5-7(9)6-10/h7,10H,2-6,9H2,1H3. The van der Waals surface area contributed by atoms with Gasteiger partial charge in [0.15, 0.2) is 0 Å². The van der Waals surface area contributed by atoms with E-state index in [0.717, 1.165) is 6.42 Å². The van der Waals surface area contributed by atoms with E-state index in [0.29, 0.717) is 5.41 Å². The molecular weight excluding hydrogens is 126 g/mol. The molecule has 1 unspecified atom stereocenters. The average Bonchev–Trinajstić information content (AvgIpc) is 1.84. The fraction of sp³-hybridized carbons (Fsp3) is 1.00. The third-order valence-electron chi connectivity index (χ3n) is 2.55. The van der Waals surface area contributed by atoms with Crippen LogP contribution in [0.15, 0.2) is 0 Å². The van der Waals surface area contributed by atoms with Gasteiger partial charge in [-0.2, -0.15) is 0 Å². The molecule has 1 saturated carbocycles. The van der Waals surface area contributed by atoms with Crippen LogP contribution in [0.4, 0.5) is 0 Å². The van der Waals surface area contributed by atoms with Crippen LogP contribution >= 0.6 is 0 Å². The number of hydrogen-bond acceptors (Lipinski definition) is 2. The summed E-state index contributed by atoms with van der Waals surface area (Å²) in [6.07, 6.45) is 4.92. The van der Waals surface area contributed by atoms with E-state index in [-0.39, 0.29) is 12.6 Å². The molecule has 1 aliphatic rings. The lowest BCUT2D eigenvalue weighted by atomic mass is 9.67. The maximum atomic E-state index is 8.69. The van der Waals surface area contributed by atoms with Crippen LogP contribution in [-0.4, -0.2) is 17.8 Å². The Morgan fingerprint density at radius 2 is 2.20 bits per heavy atom. The van der Waals surface area contributed by atoms with Crippen molar-refractivity contribution >= 4 is 0 Å². The predicted molar refractivity (Wildman–Crippen MR) is 41.6 cm³/mol. The van der Waals surface area contributed by atoms with Gasteiger partial charge >= 0.3 is 0 Å². The van der Waals surface area contributed by atoms with Gasteiger partial charge in [0.1, 0.15) is 0 Å². The highest BCUT2D eigenvalue weighted by molar-refractivity contribution is 4.86. The second-order valence-corrected chi connectivity index (χ2v) is 3.81. The first kappa shape index (κ1) is 8.02. The highest BCUT2D eigenvalue weighted by Crippen LogP contribution is 2.43. The zero-order valence-electron chi connectivity index (χ0n) is 6.64. The molecule has 1 rings (SSSR count). The number of aliphatic hydroxyl groups excluding tert-OH is 1. The van der Waals surface area contributed by atoms with Crippen LogP contribution in [-0.2, 0) is 0 Å². The first-order chi connectivity index (χ1) is 4.66. The Balaban J connectivity index is 2.22. The van der Waals surface area contributed by atoms with Gasteiger partial charge in [-0.25, -0.2) is 0 Å². The van der Waals surface area contributed by atoms with Gasteiger partial charge < -0.3 is 10.8 Å². The highest BCUT2D eigenvalue weighted by atomic mass is 16.3. The van der Waals surface area contributed by atoms with Gasteiger partial charge in [0, 0.05) is 6.04 Å². The molecule has 0 spiro atoms. The number of aliphatic hydroxyl groups is 1. The minimum atomic E-state index is 0.00491. The van der Waals surface area contributed by atoms with E-state index in [1.807, 2.05) is 0 Å². The Bertz CT molecular complexity index is 110. The molecule has 10 heavy (non-hydrogen) atoms. The Labute approximate surface area is 62.4 Å². The van der Waals surface area contributed by atoms with Crippen molar-refractivity contribution < 1.29 is 5.11 Å². The molecule has 0 saturated heterocycles. The monoisotopic (exact) mass is 143 g/mol. The molecule has 60 valence electrons. The second-order valence-electron chi connectivity index (χ2n) is 3.81. The summed E-state index contributed by atoms with van der Waals surface area (Å²) < 4.78 is 0. The molecule has 0 heterocycles. The van der Waals surface area contributed by atoms with Crippen LogP contribution in [0.1, 0.15) is 32.6 Å². The van der Waals surface area contributed by atoms with E-state index in [9.17, 15) is 0 Å². The molecule has 3 N–H and O–H groups in total. The van der Waals surface area contributed by atoms with Crippen LogP contribution < -0.4 is 5.73 Å². The molecule has 2 nitrogen and oxygen atoms in total. The zero-order chi connectivity index (χ0) is 7.61. The van der Waals surface area contributed by atoms with Gasteiger partial charge in [-0.1, -0.05) is 13.3 Å². The second kappa shape index (κ2) is 2.89. The summed E-state index contributed by atoms with van der Waals surface area (Å²) in [6.45, 7) is 2.39. The van der Waals surface area contributed by atoms with E-state index in [1.54, 1.807) is 0 Å². The number of hydrogen-bond donors (Lipinski definition) is 2. The van der Waals surface area contributed by atoms with Crippen molar-refractivity contribution in [2.45, 2.75) is 38.6 Å². The molecule has 1 aliphatic carbocycles. The van der Waals surface area contributed by atoms with Crippen LogP contribution in [0.25, 0.3) is 0 Å². The molecule has 0 aromatic heterocycles. The van der Waals surface area contributed by atoms with Gasteiger partial charge in [-0.15, -0.1) is 0 Å². The minimum Gasteiger partial charge on any atom is -0.395 e. The van der Waals surface area contributed by atoms with E-state index >= 15 is 0 Å². The fourth-order valence-electron chi connectivity index (χ4n) is 1.68. The van der Waals surface area contributed by atoms with Crippen LogP contribution in [0.2, 0.25) is 0 Å². The topological polar surface area (TPSA) is 46.2 Å². The Morgan fingerprint density at radius 1 is 1.60 bits per heavy atom. The lowest BCUT2D eigenvalue weighted by Crippen LogP contribution is -2.36. The first-order valence-electron chi connectivity index (χ1n) is 4.03. The van der Waals surface area contributed by atoms with Gasteiger partial charge in [-0.3, -0.25) is 0 Å². The van der Waals surface area contributed by atoms with Crippen molar-refractivity contribution in [2.75, 3.05) is 6.61 Å². The van der Waals surface area contributed by atoms with Crippen molar-refractivity contribution in [1.29, 1.82) is 0 Å². The van der Waals surface area contributed by atoms with Crippen molar-refractivity contribution in [1.82, 2.24) is 0 Å². The molecule has 1 fully saturated rings. The van der Waals surface area contributed by atoms with Crippen molar-refractivity contribution in [3.05, 3.63) is 0 Å². The third kappa shape index (κ3) is 1.70. The van der Waals surface area contributed by atoms with Crippen molar-refractivity contribution in [3.8, 4) is 0 Å². The lowest BCUT2D eigenvalue weighted by Gasteiger charge is -2.39. The van der Waals surface area contributed by atoms with Crippen molar-refractivity contribution in [3.63, 3.8) is 0 Å². The number of nitrogens with two attached hydrogens (primary N) is 1. The Morgan fingerprint density at radius 3 is 2.50 bits per heavy atom. The highest BCUT2D eigenvalue weighted by Gasteiger charge is 2.32. The Kier molecular flexibility index (Phi) is 2.32. The quantitative estimate of drug-likeness (QED) is 0.616. The molecule has 0 aromatic carbocycles. The molecule has 2 heteroatoms. The summed E-state index contributed by atoms with van der Waals surface area (Å²) >= 11 is 0. The number of rotatable bonds is 3. The van der Waals surface area contributed by atoms with Gasteiger partial charge in [0.05, 0.1) is 6.61 Å². The molecule has 0 bridgehead atoms. The maximum absolute atomic E-state index is 8.69. The Hall–Kier alpha value is -0.0800. The predicted octanol–water partition coefficient (Wildman–Crippen LogP) is 0.886. The molecule has 0 aliphatic heterocycles. The molecule has 0 radical (unpaired) electrons. The van der Waals surface area contributed by atoms with E-state index in [1.165, 1.54) is 19.3 Å². The van der Waals surface area contributed by atoms with E-state index < -0.39 is 0 Å². The largest absolute Gasteiger partial charge is 0.395 e. The third-order valence-corrected chi connectivity index (χ3v) is 2.55. The van der Waals surface area contributed by atoms with E-state index in [4.69, 9.17) is 10.8 Å². The maximum Gasteiger partial charge on any atom is 0.0582 e.